The molecule has 1 aromatic heterocycles. The Balaban J connectivity index is 0.000000383. The summed E-state index contributed by atoms with van der Waals surface area (Å²) < 4.78 is 0. The van der Waals surface area contributed by atoms with Gasteiger partial charge in [0.2, 0.25) is 0 Å². The quantitative estimate of drug-likeness (QED) is 0.470. The van der Waals surface area contributed by atoms with Crippen molar-refractivity contribution in [3.63, 3.8) is 0 Å². The van der Waals surface area contributed by atoms with E-state index in [0.717, 1.165) is 0 Å². The maximum atomic E-state index is 3.67. The third-order valence-corrected chi connectivity index (χ3v) is 5.60. The number of aromatic amines is 1. The predicted molar refractivity (Wildman–Crippen MR) is 129 cm³/mol. The number of benzene rings is 4. The molecule has 0 aliphatic carbocycles. The lowest BCUT2D eigenvalue weighted by Gasteiger charge is -2.44. The van der Waals surface area contributed by atoms with E-state index in [2.05, 4.69) is 131 Å². The standard InChI is InChI=1S/C24H20B.C3H4N2/c1-5-13-21(14-6-1)25(22-15-7-2-8-16-22,23-17-9-3-10-18-23)24-19-11-4-12-20-24;1-2-5-3-4-1/h1-20H;1-3H,(H,4,5)/q-1;. The van der Waals surface area contributed by atoms with Crippen molar-refractivity contribution in [1.29, 1.82) is 0 Å². The Labute approximate surface area is 178 Å². The van der Waals surface area contributed by atoms with E-state index in [9.17, 15) is 0 Å². The second-order valence-corrected chi connectivity index (χ2v) is 7.27. The SMILES string of the molecule is c1c[nH]cn1.c1ccc([B-](c2ccccc2)(c2ccccc2)c2ccccc2)cc1. The lowest BCUT2D eigenvalue weighted by atomic mass is 9.13. The number of imidazole rings is 1. The lowest BCUT2D eigenvalue weighted by molar-refractivity contribution is 1.31. The van der Waals surface area contributed by atoms with E-state index in [0.29, 0.717) is 0 Å². The average Bonchev–Trinajstić information content (AvgIpc) is 3.43. The lowest BCUT2D eigenvalue weighted by Crippen LogP contribution is -2.74. The number of hydrogen-bond acceptors (Lipinski definition) is 1. The van der Waals surface area contributed by atoms with Crippen LogP contribution in [-0.2, 0) is 0 Å². The van der Waals surface area contributed by atoms with Gasteiger partial charge in [-0.1, -0.05) is 121 Å². The van der Waals surface area contributed by atoms with Crippen molar-refractivity contribution in [2.75, 3.05) is 0 Å². The monoisotopic (exact) mass is 387 g/mol. The smallest absolute Gasteiger partial charge is 0.108 e. The number of nitrogens with one attached hydrogen (secondary N) is 1. The molecular formula is C27H24BN2-. The summed E-state index contributed by atoms with van der Waals surface area (Å²) in [6.07, 6.45) is 3.87. The van der Waals surface area contributed by atoms with Crippen LogP contribution in [0.5, 0.6) is 0 Å². The molecule has 0 fully saturated rings. The summed E-state index contributed by atoms with van der Waals surface area (Å²) in [5.41, 5.74) is 5.36. The van der Waals surface area contributed by atoms with Gasteiger partial charge in [-0.15, -0.1) is 0 Å². The fourth-order valence-corrected chi connectivity index (χ4v) is 4.34. The highest BCUT2D eigenvalue weighted by Crippen LogP contribution is 2.09. The molecule has 0 aliphatic rings. The van der Waals surface area contributed by atoms with Gasteiger partial charge in [-0.05, 0) is 0 Å². The van der Waals surface area contributed by atoms with Crippen LogP contribution in [0.2, 0.25) is 0 Å². The van der Waals surface area contributed by atoms with Gasteiger partial charge in [-0.2, -0.15) is 21.9 Å². The molecule has 0 saturated carbocycles. The predicted octanol–water partition coefficient (Wildman–Crippen LogP) is 3.47. The zero-order valence-corrected chi connectivity index (χ0v) is 16.8. The number of nitrogens with zero attached hydrogens (tertiary/aromatic N) is 1. The summed E-state index contributed by atoms with van der Waals surface area (Å²) in [6, 6.07) is 43.5. The van der Waals surface area contributed by atoms with Crippen LogP contribution in [-0.4, -0.2) is 16.1 Å². The van der Waals surface area contributed by atoms with E-state index in [1.807, 2.05) is 0 Å². The fraction of sp³-hybridized carbons (Fsp3) is 0. The first kappa shape index (κ1) is 19.5. The van der Waals surface area contributed by atoms with Gasteiger partial charge in [0.1, 0.15) is 6.15 Å². The van der Waals surface area contributed by atoms with E-state index < -0.39 is 6.15 Å². The Hall–Kier alpha value is -3.85. The first-order valence-electron chi connectivity index (χ1n) is 10.2. The molecule has 0 aliphatic heterocycles. The minimum Gasteiger partial charge on any atom is -0.351 e. The number of rotatable bonds is 4. The highest BCUT2D eigenvalue weighted by Gasteiger charge is 2.30. The van der Waals surface area contributed by atoms with Crippen LogP contribution >= 0.6 is 0 Å². The summed E-state index contributed by atoms with van der Waals surface area (Å²) in [6.45, 7) is 0. The maximum Gasteiger partial charge on any atom is 0.108 e. The Morgan fingerprint density at radius 3 is 1.00 bits per heavy atom. The van der Waals surface area contributed by atoms with Crippen molar-refractivity contribution in [3.8, 4) is 0 Å². The van der Waals surface area contributed by atoms with Crippen molar-refractivity contribution >= 4 is 28.0 Å². The molecule has 0 unspecified atom stereocenters. The van der Waals surface area contributed by atoms with Crippen LogP contribution in [0, 0.1) is 0 Å². The first-order chi connectivity index (χ1) is 14.9. The van der Waals surface area contributed by atoms with E-state index in [4.69, 9.17) is 0 Å². The highest BCUT2D eigenvalue weighted by molar-refractivity contribution is 7.19. The van der Waals surface area contributed by atoms with Crippen LogP contribution in [0.1, 0.15) is 0 Å². The van der Waals surface area contributed by atoms with Crippen LogP contribution in [0.3, 0.4) is 0 Å². The Morgan fingerprint density at radius 1 is 0.467 bits per heavy atom. The normalized spacial score (nSPS) is 10.7. The van der Waals surface area contributed by atoms with Gasteiger partial charge < -0.3 is 4.98 Å². The number of aromatic nitrogens is 2. The maximum absolute atomic E-state index is 3.67. The van der Waals surface area contributed by atoms with Gasteiger partial charge in [0.25, 0.3) is 0 Å². The Bertz CT molecular complexity index is 930. The van der Waals surface area contributed by atoms with Crippen molar-refractivity contribution in [2.45, 2.75) is 0 Å². The molecule has 3 heteroatoms. The summed E-state index contributed by atoms with van der Waals surface area (Å²) in [7, 11) is 0. The second kappa shape index (κ2) is 9.57. The second-order valence-electron chi connectivity index (χ2n) is 7.27. The summed E-state index contributed by atoms with van der Waals surface area (Å²) in [5, 5.41) is 0. The van der Waals surface area contributed by atoms with Gasteiger partial charge in [0, 0.05) is 12.4 Å². The van der Waals surface area contributed by atoms with E-state index in [1.165, 1.54) is 21.9 Å². The summed E-state index contributed by atoms with van der Waals surface area (Å²) >= 11 is 0. The molecule has 0 amide bonds. The zero-order valence-electron chi connectivity index (χ0n) is 16.8. The van der Waals surface area contributed by atoms with E-state index >= 15 is 0 Å². The molecular weight excluding hydrogens is 363 g/mol. The fourth-order valence-electron chi connectivity index (χ4n) is 4.34. The number of H-pyrrole nitrogens is 1. The molecule has 0 spiro atoms. The minimum atomic E-state index is -1.22. The Morgan fingerprint density at radius 2 is 0.800 bits per heavy atom. The average molecular weight is 387 g/mol. The van der Waals surface area contributed by atoms with E-state index in [-0.39, 0.29) is 0 Å². The number of hydrogen-bond donors (Lipinski definition) is 1. The molecule has 30 heavy (non-hydrogen) atoms. The first-order valence-corrected chi connectivity index (χ1v) is 10.2. The molecule has 5 rings (SSSR count). The molecule has 4 aromatic carbocycles. The largest absolute Gasteiger partial charge is 0.351 e. The van der Waals surface area contributed by atoms with Crippen LogP contribution in [0.4, 0.5) is 0 Å². The van der Waals surface area contributed by atoms with Gasteiger partial charge in [-0.25, -0.2) is 4.98 Å². The molecule has 1 N–H and O–H groups in total. The molecule has 0 atom stereocenters. The van der Waals surface area contributed by atoms with Gasteiger partial charge >= 0.3 is 0 Å². The van der Waals surface area contributed by atoms with Crippen molar-refractivity contribution in [1.82, 2.24) is 9.97 Å². The molecule has 5 aromatic rings. The minimum absolute atomic E-state index is 1.22. The molecule has 0 radical (unpaired) electrons. The van der Waals surface area contributed by atoms with Gasteiger partial charge in [0.05, 0.1) is 6.33 Å². The van der Waals surface area contributed by atoms with Crippen molar-refractivity contribution in [3.05, 3.63) is 140 Å². The van der Waals surface area contributed by atoms with Crippen molar-refractivity contribution in [2.24, 2.45) is 0 Å². The molecule has 146 valence electrons. The topological polar surface area (TPSA) is 28.7 Å². The van der Waals surface area contributed by atoms with Crippen LogP contribution in [0.15, 0.2) is 140 Å². The molecule has 2 nitrogen and oxygen atoms in total. The van der Waals surface area contributed by atoms with Crippen LogP contribution in [0.25, 0.3) is 0 Å². The summed E-state index contributed by atoms with van der Waals surface area (Å²) in [5.74, 6) is 0. The highest BCUT2D eigenvalue weighted by atomic mass is 14.8. The zero-order chi connectivity index (χ0) is 20.5. The van der Waals surface area contributed by atoms with Gasteiger partial charge in [-0.3, -0.25) is 0 Å². The third-order valence-electron chi connectivity index (χ3n) is 5.60. The van der Waals surface area contributed by atoms with Crippen LogP contribution < -0.4 is 21.9 Å². The van der Waals surface area contributed by atoms with Crippen molar-refractivity contribution < 1.29 is 0 Å². The van der Waals surface area contributed by atoms with Gasteiger partial charge in [0.15, 0.2) is 0 Å². The molecule has 0 saturated heterocycles. The summed E-state index contributed by atoms with van der Waals surface area (Å²) in [4.78, 5) is 6.42. The molecule has 1 heterocycles. The van der Waals surface area contributed by atoms with E-state index in [1.54, 1.807) is 18.7 Å². The molecule has 0 bridgehead atoms. The third kappa shape index (κ3) is 3.96. The Kier molecular flexibility index (Phi) is 6.21.